The second-order valence-electron chi connectivity index (χ2n) is 4.61. The van der Waals surface area contributed by atoms with Crippen LogP contribution in [-0.2, 0) is 4.74 Å². The molecule has 21 heavy (non-hydrogen) atoms. The van der Waals surface area contributed by atoms with Crippen molar-refractivity contribution >= 4 is 23.0 Å². The third kappa shape index (κ3) is 2.85. The van der Waals surface area contributed by atoms with Crippen molar-refractivity contribution in [3.8, 4) is 0 Å². The Balaban J connectivity index is 1.98. The van der Waals surface area contributed by atoms with Gasteiger partial charge in [-0.15, -0.1) is 0 Å². The average Bonchev–Trinajstić information content (AvgIpc) is 2.48. The first-order valence-electron chi connectivity index (χ1n) is 6.46. The maximum atomic E-state index is 13.8. The van der Waals surface area contributed by atoms with Gasteiger partial charge >= 0.3 is 0 Å². The maximum Gasteiger partial charge on any atom is 0.148 e. The summed E-state index contributed by atoms with van der Waals surface area (Å²) in [6.07, 6.45) is 1.61. The molecular formula is C16H12ClF2NO. The van der Waals surface area contributed by atoms with Gasteiger partial charge in [0.05, 0.1) is 12.1 Å². The fraction of sp³-hybridized carbons (Fsp3) is 0.125. The number of nitrogens with zero attached hydrogens (tertiary/aromatic N) is 1. The van der Waals surface area contributed by atoms with Crippen LogP contribution in [-0.4, -0.2) is 13.2 Å². The molecule has 0 saturated heterocycles. The van der Waals surface area contributed by atoms with Crippen LogP contribution >= 0.6 is 11.6 Å². The van der Waals surface area contributed by atoms with Crippen molar-refractivity contribution in [1.29, 1.82) is 0 Å². The van der Waals surface area contributed by atoms with Crippen LogP contribution in [0.15, 0.2) is 48.7 Å². The molecule has 0 saturated carbocycles. The van der Waals surface area contributed by atoms with Gasteiger partial charge in [-0.2, -0.15) is 0 Å². The lowest BCUT2D eigenvalue weighted by atomic mass is 10.1. The molecule has 0 fully saturated rings. The number of hydrogen-bond donors (Lipinski definition) is 0. The van der Waals surface area contributed by atoms with Crippen LogP contribution in [0.2, 0.25) is 5.02 Å². The van der Waals surface area contributed by atoms with E-state index in [0.717, 1.165) is 5.69 Å². The summed E-state index contributed by atoms with van der Waals surface area (Å²) >= 11 is 5.86. The fourth-order valence-corrected chi connectivity index (χ4v) is 2.33. The molecule has 0 bridgehead atoms. The van der Waals surface area contributed by atoms with Gasteiger partial charge in [0, 0.05) is 16.9 Å². The van der Waals surface area contributed by atoms with Crippen LogP contribution in [0.25, 0.3) is 5.76 Å². The van der Waals surface area contributed by atoms with E-state index in [9.17, 15) is 8.78 Å². The highest BCUT2D eigenvalue weighted by Gasteiger charge is 2.20. The first kappa shape index (κ1) is 13.9. The minimum Gasteiger partial charge on any atom is -0.489 e. The molecule has 0 unspecified atom stereocenters. The van der Waals surface area contributed by atoms with Gasteiger partial charge in [0.2, 0.25) is 0 Å². The Bertz CT molecular complexity index is 665. The second kappa shape index (κ2) is 5.74. The van der Waals surface area contributed by atoms with Gasteiger partial charge in [0.1, 0.15) is 24.0 Å². The molecule has 0 aromatic heterocycles. The minimum atomic E-state index is -0.640. The summed E-state index contributed by atoms with van der Waals surface area (Å²) in [7, 11) is 0. The number of halogens is 3. The van der Waals surface area contributed by atoms with Gasteiger partial charge in [-0.3, -0.25) is 0 Å². The van der Waals surface area contributed by atoms with Gasteiger partial charge in [-0.25, -0.2) is 8.78 Å². The van der Waals surface area contributed by atoms with Gasteiger partial charge in [-0.1, -0.05) is 17.7 Å². The lowest BCUT2D eigenvalue weighted by Crippen LogP contribution is -2.26. The fourth-order valence-electron chi connectivity index (χ4n) is 2.20. The van der Waals surface area contributed by atoms with Crippen molar-refractivity contribution in [1.82, 2.24) is 0 Å². The Kier molecular flexibility index (Phi) is 3.80. The standard InChI is InChI=1S/C16H12ClF2NO/c17-11-4-6-12(7-5-11)20-8-9-21-15(10-20)16-13(18)2-1-3-14(16)19/h1-7,10H,8-9H2. The first-order valence-corrected chi connectivity index (χ1v) is 6.84. The van der Waals surface area contributed by atoms with Crippen molar-refractivity contribution in [2.75, 3.05) is 18.1 Å². The number of anilines is 1. The highest BCUT2D eigenvalue weighted by molar-refractivity contribution is 6.30. The van der Waals surface area contributed by atoms with E-state index in [1.54, 1.807) is 18.3 Å². The van der Waals surface area contributed by atoms with E-state index in [1.807, 2.05) is 17.0 Å². The zero-order chi connectivity index (χ0) is 14.8. The molecule has 0 N–H and O–H groups in total. The number of ether oxygens (including phenoxy) is 1. The summed E-state index contributed by atoms with van der Waals surface area (Å²) < 4.78 is 33.1. The number of hydrogen-bond acceptors (Lipinski definition) is 2. The van der Waals surface area contributed by atoms with Gasteiger partial charge in [0.25, 0.3) is 0 Å². The van der Waals surface area contributed by atoms with E-state index >= 15 is 0 Å². The normalized spacial score (nSPS) is 14.6. The van der Waals surface area contributed by atoms with Crippen molar-refractivity contribution in [3.05, 3.63) is 70.9 Å². The Morgan fingerprint density at radius 3 is 2.33 bits per heavy atom. The summed E-state index contributed by atoms with van der Waals surface area (Å²) in [4.78, 5) is 1.88. The van der Waals surface area contributed by atoms with Crippen LogP contribution < -0.4 is 4.90 Å². The first-order chi connectivity index (χ1) is 10.1. The lowest BCUT2D eigenvalue weighted by Gasteiger charge is -2.27. The Morgan fingerprint density at radius 1 is 1.00 bits per heavy atom. The van der Waals surface area contributed by atoms with Gasteiger partial charge < -0.3 is 9.64 Å². The largest absolute Gasteiger partial charge is 0.489 e. The molecule has 5 heteroatoms. The van der Waals surface area contributed by atoms with E-state index < -0.39 is 11.6 Å². The molecule has 0 atom stereocenters. The molecular weight excluding hydrogens is 296 g/mol. The zero-order valence-electron chi connectivity index (χ0n) is 11.0. The Hall–Kier alpha value is -2.07. The summed E-state index contributed by atoms with van der Waals surface area (Å²) in [5.41, 5.74) is 0.744. The van der Waals surface area contributed by atoms with E-state index in [4.69, 9.17) is 16.3 Å². The molecule has 0 radical (unpaired) electrons. The SMILES string of the molecule is Fc1cccc(F)c1C1=CN(c2ccc(Cl)cc2)CCO1. The van der Waals surface area contributed by atoms with Crippen molar-refractivity contribution in [3.63, 3.8) is 0 Å². The van der Waals surface area contributed by atoms with E-state index in [0.29, 0.717) is 18.2 Å². The number of benzene rings is 2. The third-order valence-electron chi connectivity index (χ3n) is 3.23. The molecule has 108 valence electrons. The van der Waals surface area contributed by atoms with Crippen molar-refractivity contribution < 1.29 is 13.5 Å². The van der Waals surface area contributed by atoms with Crippen molar-refractivity contribution in [2.24, 2.45) is 0 Å². The Morgan fingerprint density at radius 2 is 1.67 bits per heavy atom. The highest BCUT2D eigenvalue weighted by Crippen LogP contribution is 2.28. The monoisotopic (exact) mass is 307 g/mol. The van der Waals surface area contributed by atoms with Crippen LogP contribution in [0.5, 0.6) is 0 Å². The van der Waals surface area contributed by atoms with Gasteiger partial charge in [-0.05, 0) is 36.4 Å². The maximum absolute atomic E-state index is 13.8. The van der Waals surface area contributed by atoms with E-state index in [1.165, 1.54) is 18.2 Å². The molecule has 1 aliphatic heterocycles. The summed E-state index contributed by atoms with van der Waals surface area (Å²) in [5, 5.41) is 0.636. The van der Waals surface area contributed by atoms with E-state index in [2.05, 4.69) is 0 Å². The molecule has 2 aromatic carbocycles. The van der Waals surface area contributed by atoms with Crippen LogP contribution in [0.3, 0.4) is 0 Å². The van der Waals surface area contributed by atoms with Crippen molar-refractivity contribution in [2.45, 2.75) is 0 Å². The second-order valence-corrected chi connectivity index (χ2v) is 5.04. The molecule has 2 aromatic rings. The smallest absolute Gasteiger partial charge is 0.148 e. The topological polar surface area (TPSA) is 12.5 Å². The minimum absolute atomic E-state index is 0.142. The molecule has 0 spiro atoms. The predicted octanol–water partition coefficient (Wildman–Crippen LogP) is 4.45. The summed E-state index contributed by atoms with van der Waals surface area (Å²) in [5.74, 6) is -1.09. The quantitative estimate of drug-likeness (QED) is 0.812. The lowest BCUT2D eigenvalue weighted by molar-refractivity contribution is 0.271. The van der Waals surface area contributed by atoms with Crippen LogP contribution in [0, 0.1) is 11.6 Å². The number of rotatable bonds is 2. The zero-order valence-corrected chi connectivity index (χ0v) is 11.8. The summed E-state index contributed by atoms with van der Waals surface area (Å²) in [6.45, 7) is 0.948. The molecule has 3 rings (SSSR count). The third-order valence-corrected chi connectivity index (χ3v) is 3.48. The average molecular weight is 308 g/mol. The highest BCUT2D eigenvalue weighted by atomic mass is 35.5. The van der Waals surface area contributed by atoms with Crippen LogP contribution in [0.4, 0.5) is 14.5 Å². The summed E-state index contributed by atoms with van der Waals surface area (Å²) in [6, 6.07) is 11.0. The van der Waals surface area contributed by atoms with Gasteiger partial charge in [0.15, 0.2) is 0 Å². The molecule has 2 nitrogen and oxygen atoms in total. The molecule has 1 aliphatic rings. The molecule has 1 heterocycles. The molecule has 0 aliphatic carbocycles. The van der Waals surface area contributed by atoms with E-state index in [-0.39, 0.29) is 11.3 Å². The van der Waals surface area contributed by atoms with Crippen LogP contribution in [0.1, 0.15) is 5.56 Å². The molecule has 0 amide bonds. The predicted molar refractivity (Wildman–Crippen MR) is 79.1 cm³/mol. The Labute approximate surface area is 126 Å².